The van der Waals surface area contributed by atoms with Crippen molar-refractivity contribution >= 4 is 34.6 Å². The van der Waals surface area contributed by atoms with E-state index in [2.05, 4.69) is 0 Å². The van der Waals surface area contributed by atoms with Crippen LogP contribution in [0.15, 0.2) is 54.6 Å². The molecule has 1 atom stereocenters. The molecule has 0 aromatic heterocycles. The number of nitrogens with zero attached hydrogens (tertiary/aromatic N) is 1. The van der Waals surface area contributed by atoms with Crippen LogP contribution in [0.4, 0.5) is 0 Å². The van der Waals surface area contributed by atoms with Gasteiger partial charge in [0, 0.05) is 6.42 Å². The van der Waals surface area contributed by atoms with Crippen LogP contribution in [0.5, 0.6) is 0 Å². The van der Waals surface area contributed by atoms with Crippen LogP contribution in [-0.2, 0) is 20.9 Å². The van der Waals surface area contributed by atoms with E-state index in [-0.39, 0.29) is 30.6 Å². The molecule has 3 rings (SSSR count). The first kappa shape index (κ1) is 18.8. The lowest BCUT2D eigenvalue weighted by molar-refractivity contribution is -0.145. The summed E-state index contributed by atoms with van der Waals surface area (Å²) in [6.45, 7) is 0.103. The highest BCUT2D eigenvalue weighted by Crippen LogP contribution is 2.27. The molecule has 6 nitrogen and oxygen atoms in total. The van der Waals surface area contributed by atoms with Crippen molar-refractivity contribution < 1.29 is 23.9 Å². The first-order chi connectivity index (χ1) is 13.0. The highest BCUT2D eigenvalue weighted by atomic mass is 35.5. The maximum Gasteiger partial charge on any atom is 0.306 e. The summed E-state index contributed by atoms with van der Waals surface area (Å²) in [6.07, 6.45) is -0.245. The van der Waals surface area contributed by atoms with Crippen LogP contribution >= 0.6 is 11.6 Å². The lowest BCUT2D eigenvalue weighted by Gasteiger charge is -2.22. The largest absolute Gasteiger partial charge is 0.461 e. The Kier molecular flexibility index (Phi) is 5.66. The van der Waals surface area contributed by atoms with Gasteiger partial charge in [-0.25, -0.2) is 0 Å². The zero-order valence-corrected chi connectivity index (χ0v) is 15.0. The molecular weight excluding hydrogens is 370 g/mol. The summed E-state index contributed by atoms with van der Waals surface area (Å²) in [5.74, 6) is -1.72. The summed E-state index contributed by atoms with van der Waals surface area (Å²) >= 11 is 5.62. The summed E-state index contributed by atoms with van der Waals surface area (Å²) in [6, 6.07) is 14.2. The summed E-state index contributed by atoms with van der Waals surface area (Å²) in [5.41, 5.74) is 1.27. The quantitative estimate of drug-likeness (QED) is 0.416. The van der Waals surface area contributed by atoms with Gasteiger partial charge in [-0.3, -0.25) is 24.1 Å². The van der Waals surface area contributed by atoms with E-state index in [1.165, 1.54) is 12.1 Å². The Labute approximate surface area is 160 Å². The maximum absolute atomic E-state index is 12.5. The fourth-order valence-electron chi connectivity index (χ4n) is 2.90. The van der Waals surface area contributed by atoms with Crippen molar-refractivity contribution in [2.24, 2.45) is 0 Å². The molecular formula is C20H16ClNO5. The number of imide groups is 1. The topological polar surface area (TPSA) is 80.8 Å². The third-order valence-corrected chi connectivity index (χ3v) is 4.52. The molecule has 0 N–H and O–H groups in total. The van der Waals surface area contributed by atoms with Gasteiger partial charge >= 0.3 is 5.97 Å². The normalized spacial score (nSPS) is 14.0. The third kappa shape index (κ3) is 4.06. The molecule has 27 heavy (non-hydrogen) atoms. The van der Waals surface area contributed by atoms with E-state index in [1.54, 1.807) is 12.1 Å². The van der Waals surface area contributed by atoms with Gasteiger partial charge in [0.05, 0.1) is 11.1 Å². The van der Waals surface area contributed by atoms with Gasteiger partial charge < -0.3 is 4.74 Å². The van der Waals surface area contributed by atoms with Gasteiger partial charge in [-0.05, 0) is 35.7 Å². The number of amides is 2. The second-order valence-corrected chi connectivity index (χ2v) is 6.40. The molecule has 0 aliphatic carbocycles. The lowest BCUT2D eigenvalue weighted by atomic mass is 10.1. The van der Waals surface area contributed by atoms with Crippen LogP contribution in [0.2, 0.25) is 0 Å². The molecule has 0 spiro atoms. The van der Waals surface area contributed by atoms with Gasteiger partial charge in [0.2, 0.25) is 5.24 Å². The van der Waals surface area contributed by atoms with E-state index in [0.29, 0.717) is 0 Å². The highest BCUT2D eigenvalue weighted by molar-refractivity contribution is 6.65. The van der Waals surface area contributed by atoms with Crippen LogP contribution in [0, 0.1) is 0 Å². The zero-order chi connectivity index (χ0) is 19.4. The van der Waals surface area contributed by atoms with Crippen LogP contribution in [0.25, 0.3) is 0 Å². The minimum absolute atomic E-state index is 0.0958. The molecule has 2 aromatic rings. The summed E-state index contributed by atoms with van der Waals surface area (Å²) < 4.78 is 5.15. The number of rotatable bonds is 7. The molecule has 2 amide bonds. The Morgan fingerprint density at radius 2 is 1.48 bits per heavy atom. The first-order valence-electron chi connectivity index (χ1n) is 8.35. The van der Waals surface area contributed by atoms with E-state index in [0.717, 1.165) is 10.5 Å². The Morgan fingerprint density at radius 3 is 2.04 bits per heavy atom. The Morgan fingerprint density at radius 1 is 0.926 bits per heavy atom. The fourth-order valence-corrected chi connectivity index (χ4v) is 3.11. The number of ether oxygens (including phenoxy) is 1. The molecule has 1 aliphatic rings. The average molecular weight is 386 g/mol. The molecule has 0 radical (unpaired) electrons. The number of halogens is 1. The Hall–Kier alpha value is -2.99. The molecule has 1 aliphatic heterocycles. The summed E-state index contributed by atoms with van der Waals surface area (Å²) in [4.78, 5) is 49.6. The molecule has 138 valence electrons. The predicted octanol–water partition coefficient (Wildman–Crippen LogP) is 2.94. The van der Waals surface area contributed by atoms with Gasteiger partial charge in [-0.15, -0.1) is 0 Å². The van der Waals surface area contributed by atoms with E-state index in [9.17, 15) is 19.2 Å². The first-order valence-corrected chi connectivity index (χ1v) is 8.72. The van der Waals surface area contributed by atoms with E-state index < -0.39 is 29.1 Å². The number of hydrogen-bond acceptors (Lipinski definition) is 5. The number of esters is 1. The molecule has 1 unspecified atom stereocenters. The van der Waals surface area contributed by atoms with Crippen molar-refractivity contribution in [3.05, 3.63) is 71.3 Å². The van der Waals surface area contributed by atoms with Crippen LogP contribution in [-0.4, -0.2) is 34.0 Å². The molecule has 7 heteroatoms. The van der Waals surface area contributed by atoms with Crippen molar-refractivity contribution in [1.29, 1.82) is 0 Å². The zero-order valence-electron chi connectivity index (χ0n) is 14.3. The van der Waals surface area contributed by atoms with E-state index >= 15 is 0 Å². The third-order valence-electron chi connectivity index (χ3n) is 4.26. The summed E-state index contributed by atoms with van der Waals surface area (Å²) in [5, 5.41) is -0.875. The predicted molar refractivity (Wildman–Crippen MR) is 97.1 cm³/mol. The fraction of sp³-hybridized carbons (Fsp3) is 0.200. The molecule has 0 fully saturated rings. The minimum Gasteiger partial charge on any atom is -0.461 e. The van der Waals surface area contributed by atoms with Gasteiger partial charge in [0.1, 0.15) is 12.6 Å². The van der Waals surface area contributed by atoms with Crippen molar-refractivity contribution in [3.63, 3.8) is 0 Å². The number of carbonyl (C=O) groups excluding carboxylic acids is 4. The molecule has 0 saturated heterocycles. The number of fused-ring (bicyclic) bond motifs is 1. The standard InChI is InChI=1S/C20H16ClNO5/c21-18(24)16(10-11-17(23)27-12-13-6-2-1-3-7-13)22-19(25)14-8-4-5-9-15(14)20(22)26/h1-9,16H,10-12H2. The van der Waals surface area contributed by atoms with Crippen LogP contribution in [0.1, 0.15) is 39.1 Å². The van der Waals surface area contributed by atoms with Gasteiger partial charge in [0.15, 0.2) is 0 Å². The molecule has 0 saturated carbocycles. The van der Waals surface area contributed by atoms with Crippen molar-refractivity contribution in [2.75, 3.05) is 0 Å². The Balaban J connectivity index is 1.63. The lowest BCUT2D eigenvalue weighted by Crippen LogP contribution is -2.43. The van der Waals surface area contributed by atoms with Gasteiger partial charge in [-0.1, -0.05) is 42.5 Å². The van der Waals surface area contributed by atoms with Crippen LogP contribution < -0.4 is 0 Å². The molecule has 0 bridgehead atoms. The summed E-state index contributed by atoms with van der Waals surface area (Å²) in [7, 11) is 0. The van der Waals surface area contributed by atoms with Crippen molar-refractivity contribution in [1.82, 2.24) is 4.90 Å². The molecule has 2 aromatic carbocycles. The minimum atomic E-state index is -1.22. The molecule has 1 heterocycles. The Bertz CT molecular complexity index is 861. The second kappa shape index (κ2) is 8.14. The van der Waals surface area contributed by atoms with Crippen molar-refractivity contribution in [2.45, 2.75) is 25.5 Å². The number of benzene rings is 2. The monoisotopic (exact) mass is 385 g/mol. The second-order valence-electron chi connectivity index (χ2n) is 6.03. The van der Waals surface area contributed by atoms with Crippen molar-refractivity contribution in [3.8, 4) is 0 Å². The highest BCUT2D eigenvalue weighted by Gasteiger charge is 2.42. The van der Waals surface area contributed by atoms with Gasteiger partial charge in [-0.2, -0.15) is 0 Å². The van der Waals surface area contributed by atoms with E-state index in [1.807, 2.05) is 30.3 Å². The van der Waals surface area contributed by atoms with E-state index in [4.69, 9.17) is 16.3 Å². The maximum atomic E-state index is 12.5. The van der Waals surface area contributed by atoms with Crippen LogP contribution in [0.3, 0.4) is 0 Å². The van der Waals surface area contributed by atoms with Gasteiger partial charge in [0.25, 0.3) is 11.8 Å². The average Bonchev–Trinajstić information content (AvgIpc) is 2.92. The number of carbonyl (C=O) groups is 4. The smallest absolute Gasteiger partial charge is 0.306 e. The SMILES string of the molecule is O=C(CCC(C(=O)Cl)N1C(=O)c2ccccc2C1=O)OCc1ccccc1. The number of hydrogen-bond donors (Lipinski definition) is 0.